The summed E-state index contributed by atoms with van der Waals surface area (Å²) in [4.78, 5) is 23.4. The molecule has 4 heterocycles. The van der Waals surface area contributed by atoms with Crippen LogP contribution in [0.4, 0.5) is 0 Å². The molecule has 0 bridgehead atoms. The monoisotopic (exact) mass is 341 g/mol. The summed E-state index contributed by atoms with van der Waals surface area (Å²) < 4.78 is 1.93. The first-order chi connectivity index (χ1) is 11.7. The third-order valence-corrected chi connectivity index (χ3v) is 5.20. The molecule has 3 aromatic rings. The predicted octanol–water partition coefficient (Wildman–Crippen LogP) is 2.27. The molecule has 4 rings (SSSR count). The van der Waals surface area contributed by atoms with E-state index in [0.717, 1.165) is 42.2 Å². The van der Waals surface area contributed by atoms with Crippen molar-refractivity contribution in [2.75, 3.05) is 6.54 Å². The lowest BCUT2D eigenvalue weighted by molar-refractivity contribution is 0.242. The molecule has 24 heavy (non-hydrogen) atoms. The van der Waals surface area contributed by atoms with Gasteiger partial charge in [-0.2, -0.15) is 5.10 Å². The summed E-state index contributed by atoms with van der Waals surface area (Å²) in [6.07, 6.45) is 4.78. The number of nitrogens with zero attached hydrogens (tertiary/aromatic N) is 4. The molecule has 0 aliphatic carbocycles. The van der Waals surface area contributed by atoms with Crippen molar-refractivity contribution >= 4 is 11.3 Å². The number of hydrogen-bond acceptors (Lipinski definition) is 5. The van der Waals surface area contributed by atoms with Gasteiger partial charge >= 0.3 is 0 Å². The fraction of sp³-hybridized carbons (Fsp3) is 0.353. The average Bonchev–Trinajstić information content (AvgIpc) is 3.26. The van der Waals surface area contributed by atoms with Crippen LogP contribution in [0.15, 0.2) is 34.7 Å². The molecule has 1 aliphatic rings. The molecule has 0 atom stereocenters. The van der Waals surface area contributed by atoms with Crippen molar-refractivity contribution in [3.63, 3.8) is 0 Å². The van der Waals surface area contributed by atoms with Crippen LogP contribution in [0.1, 0.15) is 23.7 Å². The van der Waals surface area contributed by atoms with Crippen molar-refractivity contribution < 1.29 is 0 Å². The van der Waals surface area contributed by atoms with E-state index in [1.807, 2.05) is 28.4 Å². The van der Waals surface area contributed by atoms with E-state index in [9.17, 15) is 4.79 Å². The number of aromatic amines is 1. The molecule has 3 aromatic heterocycles. The standard InChI is InChI=1S/C17H19N5OS/c1-2-22-10-12(8-18-22)9-21-6-5-14-13(11-21)17(23)20-16(19-14)15-4-3-7-24-15/h3-4,7-8,10H,2,5-6,9,11H2,1H3,(H,19,20,23). The Kier molecular flexibility index (Phi) is 4.03. The average molecular weight is 341 g/mol. The first-order valence-electron chi connectivity index (χ1n) is 8.12. The summed E-state index contributed by atoms with van der Waals surface area (Å²) in [5.74, 6) is 0.687. The minimum atomic E-state index is -0.0163. The quantitative estimate of drug-likeness (QED) is 0.790. The van der Waals surface area contributed by atoms with E-state index >= 15 is 0 Å². The Morgan fingerprint density at radius 1 is 1.42 bits per heavy atom. The molecule has 0 unspecified atom stereocenters. The highest BCUT2D eigenvalue weighted by molar-refractivity contribution is 7.13. The van der Waals surface area contributed by atoms with Crippen molar-refractivity contribution in [2.24, 2.45) is 0 Å². The molecule has 0 amide bonds. The van der Waals surface area contributed by atoms with E-state index in [2.05, 4.69) is 33.1 Å². The normalized spacial score (nSPS) is 14.7. The Balaban J connectivity index is 1.56. The molecule has 1 aliphatic heterocycles. The van der Waals surface area contributed by atoms with Crippen molar-refractivity contribution in [3.8, 4) is 10.7 Å². The number of hydrogen-bond donors (Lipinski definition) is 1. The molecular weight excluding hydrogens is 322 g/mol. The van der Waals surface area contributed by atoms with E-state index in [0.29, 0.717) is 12.4 Å². The van der Waals surface area contributed by atoms with Gasteiger partial charge in [0.2, 0.25) is 0 Å². The highest BCUT2D eigenvalue weighted by Crippen LogP contribution is 2.23. The lowest BCUT2D eigenvalue weighted by atomic mass is 10.1. The van der Waals surface area contributed by atoms with Gasteiger partial charge in [0.25, 0.3) is 5.56 Å². The molecule has 0 aromatic carbocycles. The molecule has 7 heteroatoms. The molecule has 0 radical (unpaired) electrons. The van der Waals surface area contributed by atoms with Crippen LogP contribution in [-0.4, -0.2) is 31.2 Å². The number of aromatic nitrogens is 4. The molecular formula is C17H19N5OS. The smallest absolute Gasteiger partial charge is 0.255 e. The number of nitrogens with one attached hydrogen (secondary N) is 1. The number of H-pyrrole nitrogens is 1. The molecule has 0 saturated heterocycles. The molecule has 124 valence electrons. The summed E-state index contributed by atoms with van der Waals surface area (Å²) in [5, 5.41) is 6.31. The first-order valence-corrected chi connectivity index (χ1v) is 9.00. The van der Waals surface area contributed by atoms with Gasteiger partial charge in [-0.05, 0) is 18.4 Å². The minimum Gasteiger partial charge on any atom is -0.306 e. The van der Waals surface area contributed by atoms with Gasteiger partial charge in [0.1, 0.15) is 0 Å². The van der Waals surface area contributed by atoms with Gasteiger partial charge in [-0.15, -0.1) is 11.3 Å². The minimum absolute atomic E-state index is 0.0163. The summed E-state index contributed by atoms with van der Waals surface area (Å²) in [6, 6.07) is 3.95. The van der Waals surface area contributed by atoms with Crippen LogP contribution < -0.4 is 5.56 Å². The Morgan fingerprint density at radius 3 is 3.08 bits per heavy atom. The van der Waals surface area contributed by atoms with Gasteiger partial charge < -0.3 is 4.98 Å². The van der Waals surface area contributed by atoms with E-state index in [1.165, 1.54) is 5.56 Å². The molecule has 0 fully saturated rings. The largest absolute Gasteiger partial charge is 0.306 e. The first kappa shape index (κ1) is 15.3. The summed E-state index contributed by atoms with van der Waals surface area (Å²) in [7, 11) is 0. The van der Waals surface area contributed by atoms with Crippen LogP contribution in [0, 0.1) is 0 Å². The van der Waals surface area contributed by atoms with E-state index < -0.39 is 0 Å². The second-order valence-electron chi connectivity index (χ2n) is 5.98. The predicted molar refractivity (Wildman–Crippen MR) is 93.9 cm³/mol. The Morgan fingerprint density at radius 2 is 2.33 bits per heavy atom. The second kappa shape index (κ2) is 6.33. The van der Waals surface area contributed by atoms with Crippen molar-refractivity contribution in [2.45, 2.75) is 33.0 Å². The fourth-order valence-corrected chi connectivity index (χ4v) is 3.73. The Labute approximate surface area is 143 Å². The molecule has 1 N–H and O–H groups in total. The third-order valence-electron chi connectivity index (χ3n) is 4.32. The lowest BCUT2D eigenvalue weighted by Crippen LogP contribution is -2.35. The summed E-state index contributed by atoms with van der Waals surface area (Å²) in [5.41, 5.74) is 2.89. The van der Waals surface area contributed by atoms with Gasteiger partial charge in [-0.1, -0.05) is 6.07 Å². The number of rotatable bonds is 4. The zero-order chi connectivity index (χ0) is 16.5. The summed E-state index contributed by atoms with van der Waals surface area (Å²) in [6.45, 7) is 5.30. The number of aryl methyl sites for hydroxylation is 1. The summed E-state index contributed by atoms with van der Waals surface area (Å²) >= 11 is 1.59. The zero-order valence-electron chi connectivity index (χ0n) is 13.5. The highest BCUT2D eigenvalue weighted by atomic mass is 32.1. The third kappa shape index (κ3) is 2.92. The Hall–Kier alpha value is -2.25. The van der Waals surface area contributed by atoms with Crippen LogP contribution in [0.5, 0.6) is 0 Å². The number of fused-ring (bicyclic) bond motifs is 1. The molecule has 0 spiro atoms. The van der Waals surface area contributed by atoms with Crippen LogP contribution >= 0.6 is 11.3 Å². The van der Waals surface area contributed by atoms with Gasteiger partial charge in [0.15, 0.2) is 5.82 Å². The molecule has 6 nitrogen and oxygen atoms in total. The second-order valence-corrected chi connectivity index (χ2v) is 6.93. The number of thiophene rings is 1. The van der Waals surface area contributed by atoms with E-state index in [4.69, 9.17) is 0 Å². The molecule has 0 saturated carbocycles. The maximum Gasteiger partial charge on any atom is 0.255 e. The zero-order valence-corrected chi connectivity index (χ0v) is 14.3. The van der Waals surface area contributed by atoms with Gasteiger partial charge in [0, 0.05) is 44.4 Å². The highest BCUT2D eigenvalue weighted by Gasteiger charge is 2.22. The van der Waals surface area contributed by atoms with Gasteiger partial charge in [0.05, 0.1) is 22.3 Å². The van der Waals surface area contributed by atoms with E-state index in [-0.39, 0.29) is 5.56 Å². The maximum absolute atomic E-state index is 12.5. The Bertz CT molecular complexity index is 896. The van der Waals surface area contributed by atoms with Crippen LogP contribution in [0.25, 0.3) is 10.7 Å². The fourth-order valence-electron chi connectivity index (χ4n) is 3.07. The van der Waals surface area contributed by atoms with Crippen molar-refractivity contribution in [3.05, 3.63) is 57.1 Å². The SMILES string of the molecule is CCn1cc(CN2CCc3nc(-c4cccs4)[nH]c(=O)c3C2)cn1. The van der Waals surface area contributed by atoms with Crippen LogP contribution in [-0.2, 0) is 26.1 Å². The van der Waals surface area contributed by atoms with Gasteiger partial charge in [-0.3, -0.25) is 14.4 Å². The maximum atomic E-state index is 12.5. The van der Waals surface area contributed by atoms with Crippen molar-refractivity contribution in [1.29, 1.82) is 0 Å². The topological polar surface area (TPSA) is 66.8 Å². The lowest BCUT2D eigenvalue weighted by Gasteiger charge is -2.27. The van der Waals surface area contributed by atoms with Gasteiger partial charge in [-0.25, -0.2) is 4.98 Å². The van der Waals surface area contributed by atoms with Crippen LogP contribution in [0.3, 0.4) is 0 Å². The van der Waals surface area contributed by atoms with E-state index in [1.54, 1.807) is 11.3 Å². The van der Waals surface area contributed by atoms with Crippen LogP contribution in [0.2, 0.25) is 0 Å². The van der Waals surface area contributed by atoms with Crippen molar-refractivity contribution in [1.82, 2.24) is 24.6 Å².